The van der Waals surface area contributed by atoms with Gasteiger partial charge < -0.3 is 20.7 Å². The molecule has 2 aliphatic rings. The van der Waals surface area contributed by atoms with Crippen molar-refractivity contribution in [2.45, 2.75) is 58.2 Å². The molecule has 0 aromatic rings. The molecule has 32 heavy (non-hydrogen) atoms. The predicted molar refractivity (Wildman–Crippen MR) is 124 cm³/mol. The standard InChI is InChI=1S/C21H31N3O6S2/c1-12(2)16-9-14(25)8-15-6-4-5-7-31-32-11-17(24-20(16)28)21(29)23-13(3)19(27)22-10-18(26)30-15/h4,6,12-13,15-17H,5,7-11H2,1-3H3,(H,22,27)(H,23,29)(H,24,28)/b6-4+/t13-,15-,16-,17-/m1/s1. The maximum atomic E-state index is 13.0. The van der Waals surface area contributed by atoms with Crippen LogP contribution in [0.1, 0.15) is 40.0 Å². The summed E-state index contributed by atoms with van der Waals surface area (Å²) in [5, 5.41) is 7.80. The van der Waals surface area contributed by atoms with Gasteiger partial charge in [-0.05, 0) is 25.3 Å². The fourth-order valence-electron chi connectivity index (χ4n) is 3.24. The number of ether oxygens (including phenoxy) is 1. The zero-order valence-electron chi connectivity index (χ0n) is 18.6. The smallest absolute Gasteiger partial charge is 0.326 e. The number of hydrogen-bond acceptors (Lipinski definition) is 8. The fraction of sp³-hybridized carbons (Fsp3) is 0.667. The summed E-state index contributed by atoms with van der Waals surface area (Å²) in [6.45, 7) is 4.80. The Balaban J connectivity index is 2.40. The molecule has 4 atom stereocenters. The summed E-state index contributed by atoms with van der Waals surface area (Å²) in [4.78, 5) is 63.1. The lowest BCUT2D eigenvalue weighted by molar-refractivity contribution is -0.148. The number of nitrogens with one attached hydrogen (secondary N) is 3. The van der Waals surface area contributed by atoms with E-state index in [9.17, 15) is 24.0 Å². The van der Waals surface area contributed by atoms with Crippen molar-refractivity contribution in [3.8, 4) is 0 Å². The van der Waals surface area contributed by atoms with Gasteiger partial charge in [0.1, 0.15) is 30.5 Å². The number of allylic oxidation sites excluding steroid dienone is 1. The first kappa shape index (κ1) is 26.2. The van der Waals surface area contributed by atoms with Crippen LogP contribution in [0.5, 0.6) is 0 Å². The number of rotatable bonds is 1. The summed E-state index contributed by atoms with van der Waals surface area (Å²) in [6.07, 6.45) is 3.37. The maximum absolute atomic E-state index is 13.0. The number of esters is 1. The monoisotopic (exact) mass is 485 g/mol. The molecule has 0 aromatic heterocycles. The van der Waals surface area contributed by atoms with Gasteiger partial charge in [-0.25, -0.2) is 0 Å². The van der Waals surface area contributed by atoms with Gasteiger partial charge in [0, 0.05) is 30.3 Å². The topological polar surface area (TPSA) is 131 Å². The molecule has 178 valence electrons. The lowest BCUT2D eigenvalue weighted by Crippen LogP contribution is -2.55. The number of fused-ring (bicyclic) bond motifs is 7. The van der Waals surface area contributed by atoms with Gasteiger partial charge in [0.05, 0.1) is 0 Å². The quantitative estimate of drug-likeness (QED) is 0.285. The van der Waals surface area contributed by atoms with Crippen LogP contribution >= 0.6 is 21.6 Å². The number of carbonyl (C=O) groups excluding carboxylic acids is 5. The van der Waals surface area contributed by atoms with Crippen LogP contribution < -0.4 is 16.0 Å². The second-order valence-corrected chi connectivity index (χ2v) is 10.8. The van der Waals surface area contributed by atoms with Gasteiger partial charge in [-0.1, -0.05) is 41.5 Å². The van der Waals surface area contributed by atoms with Crippen molar-refractivity contribution >= 4 is 51.1 Å². The minimum Gasteiger partial charge on any atom is -0.456 e. The van der Waals surface area contributed by atoms with Crippen LogP contribution in [0.2, 0.25) is 0 Å². The van der Waals surface area contributed by atoms with E-state index in [4.69, 9.17) is 4.74 Å². The van der Waals surface area contributed by atoms with Gasteiger partial charge in [0.2, 0.25) is 17.7 Å². The molecule has 0 saturated carbocycles. The van der Waals surface area contributed by atoms with E-state index in [1.807, 2.05) is 19.9 Å². The Kier molecular flexibility index (Phi) is 10.6. The number of Topliss-reactive ketones (excluding diaryl/α,β-unsaturated/α-hetero) is 1. The van der Waals surface area contributed by atoms with Gasteiger partial charge in [-0.3, -0.25) is 24.0 Å². The second-order valence-electron chi connectivity index (χ2n) is 8.16. The van der Waals surface area contributed by atoms with Crippen molar-refractivity contribution in [3.05, 3.63) is 12.2 Å². The lowest BCUT2D eigenvalue weighted by atomic mass is 9.88. The predicted octanol–water partition coefficient (Wildman–Crippen LogP) is 0.980. The molecule has 9 nitrogen and oxygen atoms in total. The first-order valence-electron chi connectivity index (χ1n) is 10.7. The summed E-state index contributed by atoms with van der Waals surface area (Å²) in [5.74, 6) is -2.06. The summed E-state index contributed by atoms with van der Waals surface area (Å²) in [7, 11) is 3.00. The van der Waals surface area contributed by atoms with E-state index in [0.717, 1.165) is 5.75 Å². The average molecular weight is 486 g/mol. The molecule has 0 radical (unpaired) electrons. The largest absolute Gasteiger partial charge is 0.456 e. The zero-order valence-corrected chi connectivity index (χ0v) is 20.2. The lowest BCUT2D eigenvalue weighted by Gasteiger charge is -2.25. The first-order valence-corrected chi connectivity index (χ1v) is 13.2. The highest BCUT2D eigenvalue weighted by Crippen LogP contribution is 2.25. The Bertz CT molecular complexity index is 758. The normalized spacial score (nSPS) is 30.6. The molecule has 2 bridgehead atoms. The van der Waals surface area contributed by atoms with Crippen molar-refractivity contribution in [2.24, 2.45) is 11.8 Å². The number of hydrogen-bond donors (Lipinski definition) is 3. The van der Waals surface area contributed by atoms with Gasteiger partial charge in [-0.15, -0.1) is 0 Å². The number of amides is 3. The van der Waals surface area contributed by atoms with Crippen molar-refractivity contribution in [1.29, 1.82) is 0 Å². The van der Waals surface area contributed by atoms with Gasteiger partial charge in [0.15, 0.2) is 0 Å². The van der Waals surface area contributed by atoms with E-state index in [-0.39, 0.29) is 37.0 Å². The maximum Gasteiger partial charge on any atom is 0.326 e. The number of ketones is 1. The first-order chi connectivity index (χ1) is 15.2. The molecule has 1 saturated heterocycles. The molecule has 0 unspecified atom stereocenters. The molecule has 2 rings (SSSR count). The molecular formula is C21H31N3O6S2. The van der Waals surface area contributed by atoms with Gasteiger partial charge in [-0.2, -0.15) is 0 Å². The Hall–Kier alpha value is -2.01. The summed E-state index contributed by atoms with van der Waals surface area (Å²) in [5.41, 5.74) is 0. The third kappa shape index (κ3) is 8.50. The van der Waals surface area contributed by atoms with Crippen LogP contribution in [0, 0.1) is 11.8 Å². The molecule has 0 spiro atoms. The van der Waals surface area contributed by atoms with Gasteiger partial charge in [0.25, 0.3) is 0 Å². The SMILES string of the molecule is CC(C)[C@H]1CC(=O)C[C@H]2/C=C/CCSSC[C@@H](NC1=O)C(=O)N[C@H](C)C(=O)NCC(=O)O2. The van der Waals surface area contributed by atoms with Crippen molar-refractivity contribution < 1.29 is 28.7 Å². The van der Waals surface area contributed by atoms with Crippen LogP contribution in [-0.4, -0.2) is 65.7 Å². The second kappa shape index (κ2) is 12.9. The Morgan fingerprint density at radius 3 is 2.47 bits per heavy atom. The molecule has 0 aromatic carbocycles. The number of carbonyl (C=O) groups is 5. The average Bonchev–Trinajstić information content (AvgIpc) is 2.72. The highest BCUT2D eigenvalue weighted by atomic mass is 33.1. The summed E-state index contributed by atoms with van der Waals surface area (Å²) >= 11 is 0. The molecule has 11 heteroatoms. The van der Waals surface area contributed by atoms with Crippen LogP contribution in [0.25, 0.3) is 0 Å². The fourth-order valence-corrected chi connectivity index (χ4v) is 5.39. The van der Waals surface area contributed by atoms with Crippen LogP contribution in [-0.2, 0) is 28.7 Å². The van der Waals surface area contributed by atoms with E-state index >= 15 is 0 Å². The van der Waals surface area contributed by atoms with Crippen LogP contribution in [0.3, 0.4) is 0 Å². The molecular weight excluding hydrogens is 454 g/mol. The Morgan fingerprint density at radius 1 is 1.00 bits per heavy atom. The zero-order chi connectivity index (χ0) is 23.7. The Morgan fingerprint density at radius 2 is 1.75 bits per heavy atom. The van der Waals surface area contributed by atoms with Crippen molar-refractivity contribution in [3.63, 3.8) is 0 Å². The third-order valence-corrected chi connectivity index (χ3v) is 7.58. The van der Waals surface area contributed by atoms with E-state index in [0.29, 0.717) is 12.2 Å². The van der Waals surface area contributed by atoms with Gasteiger partial charge >= 0.3 is 5.97 Å². The van der Waals surface area contributed by atoms with Crippen LogP contribution in [0.4, 0.5) is 0 Å². The van der Waals surface area contributed by atoms with E-state index in [1.165, 1.54) is 17.7 Å². The van der Waals surface area contributed by atoms with E-state index in [2.05, 4.69) is 16.0 Å². The summed E-state index contributed by atoms with van der Waals surface area (Å²) in [6, 6.07) is -1.77. The molecule has 0 aliphatic carbocycles. The molecule has 1 fully saturated rings. The van der Waals surface area contributed by atoms with Crippen molar-refractivity contribution in [2.75, 3.05) is 18.1 Å². The third-order valence-electron chi connectivity index (χ3n) is 5.13. The summed E-state index contributed by atoms with van der Waals surface area (Å²) < 4.78 is 5.40. The van der Waals surface area contributed by atoms with Crippen LogP contribution in [0.15, 0.2) is 12.2 Å². The van der Waals surface area contributed by atoms with E-state index in [1.54, 1.807) is 16.9 Å². The highest BCUT2D eigenvalue weighted by molar-refractivity contribution is 8.76. The minimum atomic E-state index is -0.908. The minimum absolute atomic E-state index is 0.0191. The molecule has 2 heterocycles. The van der Waals surface area contributed by atoms with Crippen molar-refractivity contribution in [1.82, 2.24) is 16.0 Å². The van der Waals surface area contributed by atoms with E-state index < -0.39 is 41.9 Å². The highest BCUT2D eigenvalue weighted by Gasteiger charge is 2.31. The molecule has 3 N–H and O–H groups in total. The molecule has 3 amide bonds. The molecule has 2 aliphatic heterocycles. The Labute approximate surface area is 196 Å².